The van der Waals surface area contributed by atoms with Crippen molar-refractivity contribution in [2.45, 2.75) is 25.8 Å². The molecule has 2 heterocycles. The van der Waals surface area contributed by atoms with Crippen LogP contribution >= 0.6 is 24.8 Å². The van der Waals surface area contributed by atoms with Crippen molar-refractivity contribution in [2.75, 3.05) is 19.6 Å². The molecule has 4 nitrogen and oxygen atoms in total. The molecule has 1 atom stereocenters. The highest BCUT2D eigenvalue weighted by atomic mass is 35.5. The molecule has 1 saturated heterocycles. The highest BCUT2D eigenvalue weighted by Gasteiger charge is 2.26. The fourth-order valence-electron chi connectivity index (χ4n) is 3.19. The molecule has 0 spiro atoms. The Labute approximate surface area is 172 Å². The zero-order valence-electron chi connectivity index (χ0n) is 15.1. The maximum absolute atomic E-state index is 13.1. The minimum absolute atomic E-state index is 0. The predicted molar refractivity (Wildman–Crippen MR) is 110 cm³/mol. The molecule has 3 rings (SSSR count). The molecule has 27 heavy (non-hydrogen) atoms. The maximum atomic E-state index is 13.1. The van der Waals surface area contributed by atoms with Crippen molar-refractivity contribution in [1.82, 2.24) is 15.2 Å². The van der Waals surface area contributed by atoms with Gasteiger partial charge in [0.25, 0.3) is 0 Å². The van der Waals surface area contributed by atoms with E-state index in [0.717, 1.165) is 37.2 Å². The number of nitrogens with zero attached hydrogens (tertiary/aromatic N) is 2. The molecule has 1 fully saturated rings. The summed E-state index contributed by atoms with van der Waals surface area (Å²) in [5.41, 5.74) is 1.92. The molecule has 2 aromatic rings. The van der Waals surface area contributed by atoms with Gasteiger partial charge >= 0.3 is 0 Å². The molecule has 1 N–H and O–H groups in total. The normalized spacial score (nSPS) is 16.0. The number of halogens is 3. The van der Waals surface area contributed by atoms with E-state index >= 15 is 0 Å². The highest BCUT2D eigenvalue weighted by Crippen LogP contribution is 2.16. The fraction of sp³-hybridized carbons (Fsp3) is 0.400. The number of carbonyl (C=O) groups excluding carboxylic acids is 1. The summed E-state index contributed by atoms with van der Waals surface area (Å²) in [5.74, 6) is -0.0584. The van der Waals surface area contributed by atoms with Gasteiger partial charge < -0.3 is 10.2 Å². The number of pyridine rings is 1. The van der Waals surface area contributed by atoms with Crippen molar-refractivity contribution in [3.63, 3.8) is 0 Å². The molecule has 1 aliphatic rings. The smallest absolute Gasteiger partial charge is 0.227 e. The van der Waals surface area contributed by atoms with Gasteiger partial charge in [0.1, 0.15) is 5.82 Å². The van der Waals surface area contributed by atoms with E-state index in [4.69, 9.17) is 0 Å². The summed E-state index contributed by atoms with van der Waals surface area (Å²) in [6, 6.07) is 12.2. The second-order valence-electron chi connectivity index (χ2n) is 6.50. The Balaban J connectivity index is 0.00000182. The van der Waals surface area contributed by atoms with Gasteiger partial charge in [-0.15, -0.1) is 24.8 Å². The summed E-state index contributed by atoms with van der Waals surface area (Å²) in [7, 11) is 0. The number of amides is 1. The van der Waals surface area contributed by atoms with Gasteiger partial charge in [-0.3, -0.25) is 9.78 Å². The number of hydrogen-bond acceptors (Lipinski definition) is 3. The summed E-state index contributed by atoms with van der Waals surface area (Å²) in [5, 5.41) is 3.31. The molecule has 0 bridgehead atoms. The minimum atomic E-state index is -0.258. The Morgan fingerprint density at radius 2 is 1.96 bits per heavy atom. The summed E-state index contributed by atoms with van der Waals surface area (Å²) < 4.78 is 13.1. The Kier molecular flexibility index (Phi) is 10.3. The van der Waals surface area contributed by atoms with Crippen LogP contribution in [0.25, 0.3) is 0 Å². The second kappa shape index (κ2) is 11.9. The first-order chi connectivity index (χ1) is 12.2. The van der Waals surface area contributed by atoms with Gasteiger partial charge in [-0.05, 0) is 49.2 Å². The number of benzene rings is 1. The van der Waals surface area contributed by atoms with E-state index in [1.807, 2.05) is 23.1 Å². The lowest BCUT2D eigenvalue weighted by Gasteiger charge is -2.30. The quantitative estimate of drug-likeness (QED) is 0.785. The zero-order chi connectivity index (χ0) is 17.5. The SMILES string of the molecule is Cl.Cl.O=C(C1CCCNC1)N(CCc1ccccn1)Cc1ccc(F)cc1. The highest BCUT2D eigenvalue weighted by molar-refractivity contribution is 5.85. The molecule has 1 aromatic carbocycles. The summed E-state index contributed by atoms with van der Waals surface area (Å²) in [6.45, 7) is 2.84. The number of piperidine rings is 1. The standard InChI is InChI=1S/C20H24FN3O.2ClH/c21-18-8-6-16(7-9-18)15-24(13-10-19-5-1-2-12-23-19)20(25)17-4-3-11-22-14-17;;/h1-2,5-9,12,17,22H,3-4,10-11,13-15H2;2*1H. The molecular formula is C20H26Cl2FN3O. The largest absolute Gasteiger partial charge is 0.338 e. The first-order valence-corrected chi connectivity index (χ1v) is 8.86. The van der Waals surface area contributed by atoms with Crippen molar-refractivity contribution in [3.05, 3.63) is 65.7 Å². The van der Waals surface area contributed by atoms with E-state index in [2.05, 4.69) is 10.3 Å². The molecule has 1 amide bonds. The van der Waals surface area contributed by atoms with Gasteiger partial charge in [-0.25, -0.2) is 4.39 Å². The lowest BCUT2D eigenvalue weighted by atomic mass is 9.97. The molecule has 1 aliphatic heterocycles. The van der Waals surface area contributed by atoms with Crippen LogP contribution in [0.1, 0.15) is 24.1 Å². The van der Waals surface area contributed by atoms with E-state index in [-0.39, 0.29) is 42.5 Å². The summed E-state index contributed by atoms with van der Waals surface area (Å²) >= 11 is 0. The Morgan fingerprint density at radius 1 is 1.19 bits per heavy atom. The molecular weight excluding hydrogens is 388 g/mol. The first-order valence-electron chi connectivity index (χ1n) is 8.86. The van der Waals surface area contributed by atoms with E-state index in [0.29, 0.717) is 19.5 Å². The van der Waals surface area contributed by atoms with Gasteiger partial charge in [0.05, 0.1) is 5.92 Å². The zero-order valence-corrected chi connectivity index (χ0v) is 16.8. The van der Waals surface area contributed by atoms with Crippen molar-refractivity contribution in [3.8, 4) is 0 Å². The molecule has 7 heteroatoms. The molecule has 148 valence electrons. The number of carbonyl (C=O) groups is 1. The number of nitrogens with one attached hydrogen (secondary N) is 1. The van der Waals surface area contributed by atoms with Crippen LogP contribution in [0.3, 0.4) is 0 Å². The van der Waals surface area contributed by atoms with E-state index in [1.54, 1.807) is 18.3 Å². The molecule has 1 aromatic heterocycles. The number of rotatable bonds is 6. The summed E-state index contributed by atoms with van der Waals surface area (Å²) in [6.07, 6.45) is 4.44. The van der Waals surface area contributed by atoms with Crippen molar-refractivity contribution in [2.24, 2.45) is 5.92 Å². The van der Waals surface area contributed by atoms with Crippen LogP contribution < -0.4 is 5.32 Å². The van der Waals surface area contributed by atoms with E-state index in [1.165, 1.54) is 12.1 Å². The lowest BCUT2D eigenvalue weighted by Crippen LogP contribution is -2.43. The van der Waals surface area contributed by atoms with Gasteiger partial charge in [-0.2, -0.15) is 0 Å². The average Bonchev–Trinajstić information content (AvgIpc) is 2.67. The van der Waals surface area contributed by atoms with Crippen LogP contribution in [0, 0.1) is 11.7 Å². The molecule has 0 aliphatic carbocycles. The van der Waals surface area contributed by atoms with Gasteiger partial charge in [0.2, 0.25) is 5.91 Å². The van der Waals surface area contributed by atoms with Crippen molar-refractivity contribution in [1.29, 1.82) is 0 Å². The fourth-order valence-corrected chi connectivity index (χ4v) is 3.19. The van der Waals surface area contributed by atoms with Gasteiger partial charge in [-0.1, -0.05) is 18.2 Å². The molecule has 0 saturated carbocycles. The monoisotopic (exact) mass is 413 g/mol. The van der Waals surface area contributed by atoms with Crippen LogP contribution in [0.4, 0.5) is 4.39 Å². The minimum Gasteiger partial charge on any atom is -0.338 e. The maximum Gasteiger partial charge on any atom is 0.227 e. The van der Waals surface area contributed by atoms with Gasteiger partial charge in [0, 0.05) is 37.9 Å². The first kappa shape index (κ1) is 23.3. The predicted octanol–water partition coefficient (Wildman–Crippen LogP) is 3.64. The van der Waals surface area contributed by atoms with E-state index in [9.17, 15) is 9.18 Å². The third kappa shape index (κ3) is 7.09. The van der Waals surface area contributed by atoms with Crippen LogP contribution in [0.5, 0.6) is 0 Å². The third-order valence-corrected chi connectivity index (χ3v) is 4.61. The number of aromatic nitrogens is 1. The van der Waals surface area contributed by atoms with E-state index < -0.39 is 0 Å². The Morgan fingerprint density at radius 3 is 2.59 bits per heavy atom. The molecule has 1 unspecified atom stereocenters. The Hall–Kier alpha value is -1.69. The lowest BCUT2D eigenvalue weighted by molar-refractivity contribution is -0.136. The second-order valence-corrected chi connectivity index (χ2v) is 6.50. The average molecular weight is 414 g/mol. The van der Waals surface area contributed by atoms with Crippen LogP contribution in [0.15, 0.2) is 48.7 Å². The third-order valence-electron chi connectivity index (χ3n) is 4.61. The molecule has 0 radical (unpaired) electrons. The Bertz CT molecular complexity index is 679. The van der Waals surface area contributed by atoms with Crippen molar-refractivity contribution >= 4 is 30.7 Å². The topological polar surface area (TPSA) is 45.2 Å². The van der Waals surface area contributed by atoms with Crippen LogP contribution in [0.2, 0.25) is 0 Å². The van der Waals surface area contributed by atoms with Crippen molar-refractivity contribution < 1.29 is 9.18 Å². The van der Waals surface area contributed by atoms with Crippen LogP contribution in [-0.4, -0.2) is 35.4 Å². The van der Waals surface area contributed by atoms with Crippen LogP contribution in [-0.2, 0) is 17.8 Å². The number of hydrogen-bond donors (Lipinski definition) is 1. The van der Waals surface area contributed by atoms with Gasteiger partial charge in [0.15, 0.2) is 0 Å². The summed E-state index contributed by atoms with van der Waals surface area (Å²) in [4.78, 5) is 19.2.